The van der Waals surface area contributed by atoms with Gasteiger partial charge in [-0.25, -0.2) is 9.50 Å². The molecular formula is C8H6BrN3O2. The summed E-state index contributed by atoms with van der Waals surface area (Å²) in [5.41, 5.74) is 1.11. The van der Waals surface area contributed by atoms with Gasteiger partial charge in [-0.05, 0) is 22.0 Å². The van der Waals surface area contributed by atoms with Gasteiger partial charge in [0.1, 0.15) is 0 Å². The molecule has 2 aromatic heterocycles. The standard InChI is InChI=1S/C8H6BrN3O2/c9-7-5(4-6(13)14)11-12-3-1-2-10-8(7)12/h1-3H,4H2,(H,13,14). The first-order chi connectivity index (χ1) is 6.68. The predicted molar refractivity (Wildman–Crippen MR) is 52.0 cm³/mol. The van der Waals surface area contributed by atoms with Gasteiger partial charge in [0.15, 0.2) is 5.65 Å². The molecule has 0 aliphatic heterocycles. The highest BCUT2D eigenvalue weighted by molar-refractivity contribution is 9.10. The van der Waals surface area contributed by atoms with Crippen LogP contribution in [-0.2, 0) is 11.2 Å². The van der Waals surface area contributed by atoms with Gasteiger partial charge in [0.05, 0.1) is 16.6 Å². The van der Waals surface area contributed by atoms with Crippen molar-refractivity contribution in [2.75, 3.05) is 0 Å². The number of aliphatic carboxylic acids is 1. The highest BCUT2D eigenvalue weighted by Gasteiger charge is 2.13. The van der Waals surface area contributed by atoms with Gasteiger partial charge in [-0.2, -0.15) is 5.10 Å². The summed E-state index contributed by atoms with van der Waals surface area (Å²) in [5.74, 6) is -0.908. The number of carboxylic acids is 1. The summed E-state index contributed by atoms with van der Waals surface area (Å²) >= 11 is 3.27. The van der Waals surface area contributed by atoms with E-state index in [1.807, 2.05) is 0 Å². The lowest BCUT2D eigenvalue weighted by molar-refractivity contribution is -0.136. The molecule has 5 nitrogen and oxygen atoms in total. The summed E-state index contributed by atoms with van der Waals surface area (Å²) in [6.45, 7) is 0. The first-order valence-corrected chi connectivity index (χ1v) is 4.67. The van der Waals surface area contributed by atoms with Crippen LogP contribution >= 0.6 is 15.9 Å². The molecule has 0 aliphatic rings. The topological polar surface area (TPSA) is 67.5 Å². The van der Waals surface area contributed by atoms with Crippen LogP contribution in [0.3, 0.4) is 0 Å². The Labute approximate surface area is 87.5 Å². The number of carbonyl (C=O) groups is 1. The largest absolute Gasteiger partial charge is 0.481 e. The van der Waals surface area contributed by atoms with Crippen molar-refractivity contribution in [3.05, 3.63) is 28.6 Å². The van der Waals surface area contributed by atoms with E-state index >= 15 is 0 Å². The second-order valence-corrected chi connectivity index (χ2v) is 3.51. The van der Waals surface area contributed by atoms with Crippen LogP contribution in [0.5, 0.6) is 0 Å². The van der Waals surface area contributed by atoms with E-state index in [-0.39, 0.29) is 6.42 Å². The van der Waals surface area contributed by atoms with Crippen molar-refractivity contribution in [1.29, 1.82) is 0 Å². The second-order valence-electron chi connectivity index (χ2n) is 2.72. The minimum Gasteiger partial charge on any atom is -0.481 e. The number of hydrogen-bond donors (Lipinski definition) is 1. The van der Waals surface area contributed by atoms with Gasteiger partial charge in [0, 0.05) is 12.4 Å². The minimum atomic E-state index is -0.908. The molecule has 1 N–H and O–H groups in total. The van der Waals surface area contributed by atoms with Gasteiger partial charge in [0.25, 0.3) is 0 Å². The fourth-order valence-corrected chi connectivity index (χ4v) is 1.66. The van der Waals surface area contributed by atoms with E-state index in [2.05, 4.69) is 26.0 Å². The molecule has 0 fully saturated rings. The molecule has 0 aliphatic carbocycles. The van der Waals surface area contributed by atoms with E-state index in [4.69, 9.17) is 5.11 Å². The number of nitrogens with zero attached hydrogens (tertiary/aromatic N) is 3. The number of hydrogen-bond acceptors (Lipinski definition) is 3. The quantitative estimate of drug-likeness (QED) is 0.874. The fraction of sp³-hybridized carbons (Fsp3) is 0.125. The zero-order chi connectivity index (χ0) is 10.1. The van der Waals surface area contributed by atoms with Crippen molar-refractivity contribution in [2.45, 2.75) is 6.42 Å². The van der Waals surface area contributed by atoms with Crippen LogP contribution in [0.15, 0.2) is 22.9 Å². The maximum atomic E-state index is 10.5. The highest BCUT2D eigenvalue weighted by Crippen LogP contribution is 2.20. The van der Waals surface area contributed by atoms with Gasteiger partial charge in [-0.3, -0.25) is 4.79 Å². The maximum Gasteiger partial charge on any atom is 0.309 e. The average Bonchev–Trinajstić information content (AvgIpc) is 2.44. The monoisotopic (exact) mass is 255 g/mol. The summed E-state index contributed by atoms with van der Waals surface area (Å²) in [6.07, 6.45) is 3.24. The molecule has 0 atom stereocenters. The zero-order valence-electron chi connectivity index (χ0n) is 7.01. The number of carboxylic acid groups (broad SMARTS) is 1. The fourth-order valence-electron chi connectivity index (χ4n) is 1.16. The Morgan fingerprint density at radius 3 is 3.07 bits per heavy atom. The van der Waals surface area contributed by atoms with Crippen molar-refractivity contribution in [2.24, 2.45) is 0 Å². The summed E-state index contributed by atoms with van der Waals surface area (Å²) in [7, 11) is 0. The third-order valence-corrected chi connectivity index (χ3v) is 2.54. The highest BCUT2D eigenvalue weighted by atomic mass is 79.9. The maximum absolute atomic E-state index is 10.5. The van der Waals surface area contributed by atoms with E-state index in [0.717, 1.165) is 0 Å². The Morgan fingerprint density at radius 1 is 1.64 bits per heavy atom. The Morgan fingerprint density at radius 2 is 2.43 bits per heavy atom. The van der Waals surface area contributed by atoms with Gasteiger partial charge in [0.2, 0.25) is 0 Å². The van der Waals surface area contributed by atoms with Crippen LogP contribution in [0.4, 0.5) is 0 Å². The lowest BCUT2D eigenvalue weighted by Gasteiger charge is -1.88. The van der Waals surface area contributed by atoms with Crippen molar-refractivity contribution in [3.8, 4) is 0 Å². The molecule has 14 heavy (non-hydrogen) atoms. The average molecular weight is 256 g/mol. The summed E-state index contributed by atoms with van der Waals surface area (Å²) < 4.78 is 2.18. The molecule has 0 amide bonds. The van der Waals surface area contributed by atoms with Gasteiger partial charge in [-0.15, -0.1) is 0 Å². The SMILES string of the molecule is O=C(O)Cc1nn2cccnc2c1Br. The van der Waals surface area contributed by atoms with E-state index < -0.39 is 5.97 Å². The van der Waals surface area contributed by atoms with Gasteiger partial charge in [-0.1, -0.05) is 0 Å². The molecule has 6 heteroatoms. The van der Waals surface area contributed by atoms with E-state index in [0.29, 0.717) is 15.8 Å². The molecule has 0 saturated carbocycles. The van der Waals surface area contributed by atoms with Crippen molar-refractivity contribution < 1.29 is 9.90 Å². The van der Waals surface area contributed by atoms with Crippen LogP contribution in [0.1, 0.15) is 5.69 Å². The Balaban J connectivity index is 2.57. The number of aromatic nitrogens is 3. The summed E-state index contributed by atoms with van der Waals surface area (Å²) in [6, 6.07) is 1.73. The molecule has 0 saturated heterocycles. The Hall–Kier alpha value is -1.43. The lowest BCUT2D eigenvalue weighted by Crippen LogP contribution is -2.01. The van der Waals surface area contributed by atoms with Gasteiger partial charge < -0.3 is 5.11 Å². The molecule has 2 aromatic rings. The van der Waals surface area contributed by atoms with Crippen LogP contribution in [0.2, 0.25) is 0 Å². The Kier molecular flexibility index (Phi) is 2.20. The Bertz CT molecular complexity index is 494. The zero-order valence-corrected chi connectivity index (χ0v) is 8.60. The van der Waals surface area contributed by atoms with Crippen LogP contribution in [0.25, 0.3) is 5.65 Å². The first-order valence-electron chi connectivity index (χ1n) is 3.88. The van der Waals surface area contributed by atoms with Crippen molar-refractivity contribution in [1.82, 2.24) is 14.6 Å². The molecular weight excluding hydrogens is 250 g/mol. The van der Waals surface area contributed by atoms with Crippen LogP contribution in [0, 0.1) is 0 Å². The molecule has 0 radical (unpaired) electrons. The summed E-state index contributed by atoms with van der Waals surface area (Å²) in [5, 5.41) is 12.7. The van der Waals surface area contributed by atoms with Crippen molar-refractivity contribution in [3.63, 3.8) is 0 Å². The smallest absolute Gasteiger partial charge is 0.309 e. The first kappa shape index (κ1) is 9.14. The lowest BCUT2D eigenvalue weighted by atomic mass is 10.3. The van der Waals surface area contributed by atoms with Gasteiger partial charge >= 0.3 is 5.97 Å². The normalized spacial score (nSPS) is 10.6. The molecule has 0 aromatic carbocycles. The molecule has 0 unspecified atom stereocenters. The van der Waals surface area contributed by atoms with E-state index in [1.165, 1.54) is 0 Å². The molecule has 72 valence electrons. The summed E-state index contributed by atoms with van der Waals surface area (Å²) in [4.78, 5) is 14.6. The molecule has 2 heterocycles. The number of halogens is 1. The van der Waals surface area contributed by atoms with E-state index in [1.54, 1.807) is 23.0 Å². The van der Waals surface area contributed by atoms with Crippen molar-refractivity contribution >= 4 is 27.5 Å². The third kappa shape index (κ3) is 1.48. The number of rotatable bonds is 2. The van der Waals surface area contributed by atoms with Crippen LogP contribution < -0.4 is 0 Å². The van der Waals surface area contributed by atoms with E-state index in [9.17, 15) is 4.79 Å². The van der Waals surface area contributed by atoms with Crippen LogP contribution in [-0.4, -0.2) is 25.7 Å². The molecule has 2 rings (SSSR count). The number of fused-ring (bicyclic) bond motifs is 1. The third-order valence-electron chi connectivity index (χ3n) is 1.72. The molecule has 0 spiro atoms. The predicted octanol–water partition coefficient (Wildman–Crippen LogP) is 1.12. The molecule has 0 bridgehead atoms. The second kappa shape index (κ2) is 3.38. The minimum absolute atomic E-state index is 0.107.